The predicted molar refractivity (Wildman–Crippen MR) is 99.7 cm³/mol. The Morgan fingerprint density at radius 2 is 1.79 bits per heavy atom. The lowest BCUT2D eigenvalue weighted by molar-refractivity contribution is -0.129. The van der Waals surface area contributed by atoms with Crippen molar-refractivity contribution in [3.05, 3.63) is 72.6 Å². The van der Waals surface area contributed by atoms with Crippen molar-refractivity contribution in [2.45, 2.75) is 0 Å². The molecule has 0 amide bonds. The fraction of sp³-hybridized carbons (Fsp3) is 0.0526. The summed E-state index contributed by atoms with van der Waals surface area (Å²) in [6, 6.07) is 9.71. The third-order valence-electron chi connectivity index (χ3n) is 3.20. The summed E-state index contributed by atoms with van der Waals surface area (Å²) >= 11 is 6.05. The monoisotopic (exact) mass is 399 g/mol. The van der Waals surface area contributed by atoms with E-state index in [1.807, 2.05) is 0 Å². The van der Waals surface area contributed by atoms with Crippen molar-refractivity contribution >= 4 is 17.6 Å². The molecule has 2 heterocycles. The number of aromatic nitrogens is 3. The van der Waals surface area contributed by atoms with E-state index >= 15 is 0 Å². The van der Waals surface area contributed by atoms with E-state index in [1.54, 1.807) is 36.4 Å². The summed E-state index contributed by atoms with van der Waals surface area (Å²) in [5.41, 5.74) is 0. The molecular weight excluding hydrogens is 386 g/mol. The number of carbonyl (C=O) groups is 1. The Kier molecular flexibility index (Phi) is 6.37. The van der Waals surface area contributed by atoms with Crippen LogP contribution in [-0.2, 0) is 9.53 Å². The zero-order valence-electron chi connectivity index (χ0n) is 14.6. The van der Waals surface area contributed by atoms with Gasteiger partial charge < -0.3 is 18.9 Å². The number of pyridine rings is 1. The molecule has 0 spiro atoms. The first kappa shape index (κ1) is 19.1. The highest BCUT2D eigenvalue weighted by molar-refractivity contribution is 6.30. The molecule has 9 heteroatoms. The van der Waals surface area contributed by atoms with Gasteiger partial charge in [-0.05, 0) is 24.3 Å². The Hall–Kier alpha value is -3.65. The van der Waals surface area contributed by atoms with E-state index in [1.165, 1.54) is 32.1 Å². The van der Waals surface area contributed by atoms with Crippen molar-refractivity contribution in [2.75, 3.05) is 7.11 Å². The number of hydrogen-bond acceptors (Lipinski definition) is 8. The summed E-state index contributed by atoms with van der Waals surface area (Å²) in [7, 11) is 1.41. The number of benzene rings is 1. The molecule has 8 nitrogen and oxygen atoms in total. The van der Waals surface area contributed by atoms with Gasteiger partial charge in [0.25, 0.3) is 0 Å². The molecule has 0 radical (unpaired) electrons. The maximum Gasteiger partial charge on any atom is 0.339 e. The summed E-state index contributed by atoms with van der Waals surface area (Å²) in [4.78, 5) is 23.9. The minimum Gasteiger partial charge on any atom is -0.504 e. The molecule has 0 aliphatic rings. The first-order chi connectivity index (χ1) is 13.7. The lowest BCUT2D eigenvalue weighted by Gasteiger charge is -2.15. The molecule has 0 aliphatic heterocycles. The maximum absolute atomic E-state index is 12.1. The predicted octanol–water partition coefficient (Wildman–Crippen LogP) is 4.18. The second kappa shape index (κ2) is 9.33. The number of rotatable bonds is 7. The lowest BCUT2D eigenvalue weighted by Crippen LogP contribution is -2.06. The standard InChI is InChI=1S/C19H14ClN3O5/c1-25-11-8-17(24)28-18-13(26-15-6-3-9-22-19(15)20)4-2-5-14(18)27-16-7-10-21-12-23-16/h2-12H,1H3. The number of hydrogen-bond donors (Lipinski definition) is 0. The van der Waals surface area contributed by atoms with Crippen molar-refractivity contribution in [3.63, 3.8) is 0 Å². The molecular formula is C19H14ClN3O5. The quantitative estimate of drug-likeness (QED) is 0.192. The zero-order chi connectivity index (χ0) is 19.8. The van der Waals surface area contributed by atoms with E-state index in [4.69, 9.17) is 30.5 Å². The first-order valence-electron chi connectivity index (χ1n) is 7.94. The largest absolute Gasteiger partial charge is 0.504 e. The van der Waals surface area contributed by atoms with Crippen LogP contribution in [0.1, 0.15) is 0 Å². The smallest absolute Gasteiger partial charge is 0.339 e. The summed E-state index contributed by atoms with van der Waals surface area (Å²) < 4.78 is 21.6. The Morgan fingerprint density at radius 1 is 1.00 bits per heavy atom. The number of methoxy groups -OCH3 is 1. The van der Waals surface area contributed by atoms with Crippen LogP contribution in [0.3, 0.4) is 0 Å². The summed E-state index contributed by atoms with van der Waals surface area (Å²) in [5, 5.41) is 0.154. The average molecular weight is 400 g/mol. The van der Waals surface area contributed by atoms with E-state index in [0.717, 1.165) is 6.08 Å². The van der Waals surface area contributed by atoms with Gasteiger partial charge in [-0.1, -0.05) is 17.7 Å². The minimum absolute atomic E-state index is 0.0341. The van der Waals surface area contributed by atoms with Gasteiger partial charge in [-0.3, -0.25) is 0 Å². The normalized spacial score (nSPS) is 10.5. The SMILES string of the molecule is COC=CC(=O)Oc1c(Oc2ccncn2)cccc1Oc1cccnc1Cl. The molecule has 0 aliphatic carbocycles. The minimum atomic E-state index is -0.692. The Morgan fingerprint density at radius 3 is 2.50 bits per heavy atom. The third kappa shape index (κ3) is 4.95. The molecule has 28 heavy (non-hydrogen) atoms. The summed E-state index contributed by atoms with van der Waals surface area (Å²) in [6.07, 6.45) is 6.68. The summed E-state index contributed by atoms with van der Waals surface area (Å²) in [6.45, 7) is 0. The van der Waals surface area contributed by atoms with Gasteiger partial charge in [0.2, 0.25) is 11.6 Å². The van der Waals surface area contributed by atoms with E-state index < -0.39 is 5.97 Å². The molecule has 0 saturated heterocycles. The Bertz CT molecular complexity index is 982. The fourth-order valence-corrected chi connectivity index (χ4v) is 2.19. The van der Waals surface area contributed by atoms with Crippen molar-refractivity contribution < 1.29 is 23.7 Å². The summed E-state index contributed by atoms with van der Waals surface area (Å²) in [5.74, 6) is 0.287. The highest BCUT2D eigenvalue weighted by Crippen LogP contribution is 2.42. The maximum atomic E-state index is 12.1. The number of esters is 1. The molecule has 0 saturated carbocycles. The van der Waals surface area contributed by atoms with Crippen LogP contribution < -0.4 is 14.2 Å². The lowest BCUT2D eigenvalue weighted by atomic mass is 10.3. The van der Waals surface area contributed by atoms with E-state index in [0.29, 0.717) is 0 Å². The van der Waals surface area contributed by atoms with Gasteiger partial charge in [0.05, 0.1) is 19.4 Å². The highest BCUT2D eigenvalue weighted by atomic mass is 35.5. The van der Waals surface area contributed by atoms with E-state index in [9.17, 15) is 4.79 Å². The van der Waals surface area contributed by atoms with Crippen molar-refractivity contribution in [1.82, 2.24) is 15.0 Å². The van der Waals surface area contributed by atoms with Crippen LogP contribution in [0.2, 0.25) is 5.15 Å². The molecule has 0 unspecified atom stereocenters. The van der Waals surface area contributed by atoms with Crippen LogP contribution in [-0.4, -0.2) is 28.0 Å². The molecule has 2 aromatic heterocycles. The van der Waals surface area contributed by atoms with Crippen LogP contribution in [0.4, 0.5) is 0 Å². The first-order valence-corrected chi connectivity index (χ1v) is 8.31. The number of carbonyl (C=O) groups excluding carboxylic acids is 1. The van der Waals surface area contributed by atoms with Gasteiger partial charge in [-0.25, -0.2) is 19.7 Å². The van der Waals surface area contributed by atoms with Gasteiger partial charge in [-0.2, -0.15) is 0 Å². The highest BCUT2D eigenvalue weighted by Gasteiger charge is 2.18. The molecule has 142 valence electrons. The molecule has 3 aromatic rings. The third-order valence-corrected chi connectivity index (χ3v) is 3.48. The van der Waals surface area contributed by atoms with Crippen molar-refractivity contribution in [1.29, 1.82) is 0 Å². The number of halogens is 1. The number of nitrogens with zero attached hydrogens (tertiary/aromatic N) is 3. The second-order valence-corrected chi connectivity index (χ2v) is 5.45. The fourth-order valence-electron chi connectivity index (χ4n) is 2.03. The zero-order valence-corrected chi connectivity index (χ0v) is 15.4. The molecule has 0 fully saturated rings. The van der Waals surface area contributed by atoms with Gasteiger partial charge in [-0.15, -0.1) is 0 Å². The van der Waals surface area contributed by atoms with Gasteiger partial charge in [0, 0.05) is 18.5 Å². The van der Waals surface area contributed by atoms with Gasteiger partial charge >= 0.3 is 5.97 Å². The Labute approximate surface area is 165 Å². The van der Waals surface area contributed by atoms with Crippen LogP contribution in [0.15, 0.2) is 67.5 Å². The van der Waals surface area contributed by atoms with Gasteiger partial charge in [0.15, 0.2) is 22.4 Å². The van der Waals surface area contributed by atoms with Crippen LogP contribution in [0.5, 0.6) is 28.9 Å². The van der Waals surface area contributed by atoms with Crippen LogP contribution in [0.25, 0.3) is 0 Å². The number of para-hydroxylation sites is 1. The molecule has 0 bridgehead atoms. The van der Waals surface area contributed by atoms with Crippen molar-refractivity contribution in [3.8, 4) is 28.9 Å². The van der Waals surface area contributed by atoms with Crippen LogP contribution >= 0.6 is 11.6 Å². The molecule has 1 aromatic carbocycles. The molecule has 0 atom stereocenters. The van der Waals surface area contributed by atoms with Crippen LogP contribution in [0, 0.1) is 0 Å². The molecule has 3 rings (SSSR count). The van der Waals surface area contributed by atoms with Crippen molar-refractivity contribution in [2.24, 2.45) is 0 Å². The van der Waals surface area contributed by atoms with E-state index in [2.05, 4.69) is 15.0 Å². The number of ether oxygens (including phenoxy) is 4. The van der Waals surface area contributed by atoms with Gasteiger partial charge in [0.1, 0.15) is 6.33 Å². The topological polar surface area (TPSA) is 92.7 Å². The molecule has 0 N–H and O–H groups in total. The van der Waals surface area contributed by atoms with E-state index in [-0.39, 0.29) is 34.0 Å². The second-order valence-electron chi connectivity index (χ2n) is 5.09. The Balaban J connectivity index is 1.97. The average Bonchev–Trinajstić information content (AvgIpc) is 2.71.